The molecule has 2 N–H and O–H groups in total. The van der Waals surface area contributed by atoms with Gasteiger partial charge in [-0.2, -0.15) is 0 Å². The number of piperazine rings is 1. The van der Waals surface area contributed by atoms with Crippen LogP contribution >= 0.6 is 11.3 Å². The smallest absolute Gasteiger partial charge is 0.264 e. The van der Waals surface area contributed by atoms with Crippen molar-refractivity contribution in [1.29, 1.82) is 0 Å². The molecule has 6 nitrogen and oxygen atoms in total. The van der Waals surface area contributed by atoms with Crippen LogP contribution < -0.4 is 10.9 Å². The van der Waals surface area contributed by atoms with Crippen LogP contribution in [0.4, 0.5) is 0 Å². The Morgan fingerprint density at radius 3 is 2.64 bits per heavy atom. The maximum absolute atomic E-state index is 12.7. The van der Waals surface area contributed by atoms with E-state index in [0.29, 0.717) is 34.0 Å². The predicted molar refractivity (Wildman–Crippen MR) is 87.8 cm³/mol. The molecular formula is C15H20N4O2S. The number of thiophene rings is 1. The molecule has 1 saturated heterocycles. The van der Waals surface area contributed by atoms with Gasteiger partial charge in [0.25, 0.3) is 11.5 Å². The minimum Gasteiger partial charge on any atom is -0.335 e. The fraction of sp³-hybridized carbons (Fsp3) is 0.533. The quantitative estimate of drug-likeness (QED) is 0.878. The van der Waals surface area contributed by atoms with E-state index >= 15 is 0 Å². The molecule has 7 heteroatoms. The highest BCUT2D eigenvalue weighted by Gasteiger charge is 2.24. The number of amides is 1. The number of aryl methyl sites for hydroxylation is 1. The van der Waals surface area contributed by atoms with E-state index in [1.165, 1.54) is 11.3 Å². The third-order valence-corrected chi connectivity index (χ3v) is 5.14. The van der Waals surface area contributed by atoms with Gasteiger partial charge in [0.1, 0.15) is 10.7 Å². The number of carbonyl (C=O) groups excluding carboxylic acids is 1. The Morgan fingerprint density at radius 2 is 2.00 bits per heavy atom. The van der Waals surface area contributed by atoms with Crippen molar-refractivity contribution in [3.05, 3.63) is 26.6 Å². The van der Waals surface area contributed by atoms with Gasteiger partial charge in [-0.3, -0.25) is 9.59 Å². The molecule has 0 aromatic carbocycles. The standard InChI is InChI=1S/C15H20N4O2S/c1-8(2)12-17-13(20)10-9(3)11(22-14(10)18-12)15(21)19-6-4-16-5-7-19/h8,16H,4-7H2,1-3H3,(H,17,18,20). The van der Waals surface area contributed by atoms with E-state index in [9.17, 15) is 9.59 Å². The van der Waals surface area contributed by atoms with Gasteiger partial charge in [-0.15, -0.1) is 11.3 Å². The van der Waals surface area contributed by atoms with Gasteiger partial charge in [-0.1, -0.05) is 13.8 Å². The summed E-state index contributed by atoms with van der Waals surface area (Å²) in [6, 6.07) is 0. The van der Waals surface area contributed by atoms with Crippen LogP contribution in [0.2, 0.25) is 0 Å². The second kappa shape index (κ2) is 5.81. The lowest BCUT2D eigenvalue weighted by Crippen LogP contribution is -2.46. The number of hydrogen-bond acceptors (Lipinski definition) is 5. The third-order valence-electron chi connectivity index (χ3n) is 3.96. The first-order valence-corrected chi connectivity index (χ1v) is 8.34. The molecule has 1 amide bonds. The Labute approximate surface area is 132 Å². The fourth-order valence-corrected chi connectivity index (χ4v) is 3.81. The van der Waals surface area contributed by atoms with E-state index in [0.717, 1.165) is 18.7 Å². The lowest BCUT2D eigenvalue weighted by molar-refractivity contribution is 0.0740. The van der Waals surface area contributed by atoms with Crippen LogP contribution in [0.5, 0.6) is 0 Å². The van der Waals surface area contributed by atoms with Gasteiger partial charge in [0.2, 0.25) is 0 Å². The highest BCUT2D eigenvalue weighted by molar-refractivity contribution is 7.20. The predicted octanol–water partition coefficient (Wildman–Crippen LogP) is 1.46. The lowest BCUT2D eigenvalue weighted by Gasteiger charge is -2.27. The molecule has 0 aliphatic carbocycles. The molecule has 1 aliphatic rings. The number of rotatable bonds is 2. The summed E-state index contributed by atoms with van der Waals surface area (Å²) in [7, 11) is 0. The van der Waals surface area contributed by atoms with Gasteiger partial charge in [0.05, 0.1) is 10.3 Å². The summed E-state index contributed by atoms with van der Waals surface area (Å²) in [5.74, 6) is 0.819. The number of nitrogens with one attached hydrogen (secondary N) is 2. The molecule has 2 aromatic rings. The van der Waals surface area contributed by atoms with Crippen LogP contribution in [0, 0.1) is 6.92 Å². The molecule has 3 heterocycles. The summed E-state index contributed by atoms with van der Waals surface area (Å²) in [5, 5.41) is 3.78. The Bertz CT molecular complexity index is 772. The van der Waals surface area contributed by atoms with Crippen molar-refractivity contribution >= 4 is 27.5 Å². The first kappa shape index (κ1) is 15.2. The average Bonchev–Trinajstić information content (AvgIpc) is 2.84. The molecule has 2 aromatic heterocycles. The van der Waals surface area contributed by atoms with E-state index in [-0.39, 0.29) is 17.4 Å². The Hall–Kier alpha value is -1.73. The lowest BCUT2D eigenvalue weighted by atomic mass is 10.1. The molecule has 1 fully saturated rings. The highest BCUT2D eigenvalue weighted by Crippen LogP contribution is 2.29. The fourth-order valence-electron chi connectivity index (χ4n) is 2.65. The maximum Gasteiger partial charge on any atom is 0.264 e. The number of nitrogens with zero attached hydrogens (tertiary/aromatic N) is 2. The number of aromatic amines is 1. The van der Waals surface area contributed by atoms with Crippen LogP contribution in [-0.4, -0.2) is 47.0 Å². The Balaban J connectivity index is 2.07. The summed E-state index contributed by atoms with van der Waals surface area (Å²) in [4.78, 5) is 35.5. The molecule has 0 spiro atoms. The molecule has 0 radical (unpaired) electrons. The third kappa shape index (κ3) is 2.55. The summed E-state index contributed by atoms with van der Waals surface area (Å²) >= 11 is 1.33. The maximum atomic E-state index is 12.7. The molecule has 1 aliphatic heterocycles. The van der Waals surface area contributed by atoms with Gasteiger partial charge < -0.3 is 15.2 Å². The first-order chi connectivity index (χ1) is 10.5. The summed E-state index contributed by atoms with van der Waals surface area (Å²) in [6.07, 6.45) is 0. The zero-order valence-electron chi connectivity index (χ0n) is 13.0. The Morgan fingerprint density at radius 1 is 1.32 bits per heavy atom. The van der Waals surface area contributed by atoms with Gasteiger partial charge in [-0.05, 0) is 12.5 Å². The monoisotopic (exact) mass is 320 g/mol. The van der Waals surface area contributed by atoms with Gasteiger partial charge >= 0.3 is 0 Å². The van der Waals surface area contributed by atoms with Gasteiger partial charge in [-0.25, -0.2) is 4.98 Å². The van der Waals surface area contributed by atoms with Crippen molar-refractivity contribution in [2.24, 2.45) is 0 Å². The Kier molecular flexibility index (Phi) is 4.01. The van der Waals surface area contributed by atoms with Crippen molar-refractivity contribution in [2.45, 2.75) is 26.7 Å². The van der Waals surface area contributed by atoms with E-state index in [2.05, 4.69) is 15.3 Å². The number of H-pyrrole nitrogens is 1. The molecule has 3 rings (SSSR count). The van der Waals surface area contributed by atoms with Crippen LogP contribution in [0.25, 0.3) is 10.2 Å². The average molecular weight is 320 g/mol. The molecular weight excluding hydrogens is 300 g/mol. The number of hydrogen-bond donors (Lipinski definition) is 2. The second-order valence-electron chi connectivity index (χ2n) is 5.88. The highest BCUT2D eigenvalue weighted by atomic mass is 32.1. The van der Waals surface area contributed by atoms with Crippen molar-refractivity contribution in [2.75, 3.05) is 26.2 Å². The molecule has 0 atom stereocenters. The van der Waals surface area contributed by atoms with Crippen molar-refractivity contribution in [3.8, 4) is 0 Å². The molecule has 0 saturated carbocycles. The van der Waals surface area contributed by atoms with Crippen molar-refractivity contribution in [1.82, 2.24) is 20.2 Å². The molecule has 118 valence electrons. The number of carbonyl (C=O) groups is 1. The van der Waals surface area contributed by atoms with Gasteiger partial charge in [0, 0.05) is 32.1 Å². The largest absolute Gasteiger partial charge is 0.335 e. The number of fused-ring (bicyclic) bond motifs is 1. The van der Waals surface area contributed by atoms with Crippen LogP contribution in [0.3, 0.4) is 0 Å². The molecule has 0 unspecified atom stereocenters. The zero-order valence-corrected chi connectivity index (χ0v) is 13.8. The number of aromatic nitrogens is 2. The molecule has 22 heavy (non-hydrogen) atoms. The summed E-state index contributed by atoms with van der Waals surface area (Å²) in [5.41, 5.74) is 0.592. The van der Waals surface area contributed by atoms with E-state index in [1.54, 1.807) is 0 Å². The minimum atomic E-state index is -0.151. The molecule has 0 bridgehead atoms. The van der Waals surface area contributed by atoms with Crippen LogP contribution in [-0.2, 0) is 0 Å². The summed E-state index contributed by atoms with van der Waals surface area (Å²) in [6.45, 7) is 8.83. The van der Waals surface area contributed by atoms with Crippen LogP contribution in [0.1, 0.15) is 40.8 Å². The van der Waals surface area contributed by atoms with E-state index in [4.69, 9.17) is 0 Å². The van der Waals surface area contributed by atoms with Crippen LogP contribution in [0.15, 0.2) is 4.79 Å². The van der Waals surface area contributed by atoms with Crippen molar-refractivity contribution in [3.63, 3.8) is 0 Å². The SMILES string of the molecule is Cc1c(C(=O)N2CCNCC2)sc2nc(C(C)C)[nH]c(=O)c12. The normalized spacial score (nSPS) is 15.7. The topological polar surface area (TPSA) is 78.1 Å². The summed E-state index contributed by atoms with van der Waals surface area (Å²) < 4.78 is 0. The van der Waals surface area contributed by atoms with Crippen molar-refractivity contribution < 1.29 is 4.79 Å². The van der Waals surface area contributed by atoms with E-state index < -0.39 is 0 Å². The zero-order chi connectivity index (χ0) is 15.9. The first-order valence-electron chi connectivity index (χ1n) is 7.52. The minimum absolute atomic E-state index is 0.00694. The van der Waals surface area contributed by atoms with Gasteiger partial charge in [0.15, 0.2) is 0 Å². The second-order valence-corrected chi connectivity index (χ2v) is 6.88. The van der Waals surface area contributed by atoms with E-state index in [1.807, 2.05) is 25.7 Å².